The van der Waals surface area contributed by atoms with E-state index < -0.39 is 11.9 Å². The van der Waals surface area contributed by atoms with Crippen LogP contribution in [-0.4, -0.2) is 23.9 Å². The van der Waals surface area contributed by atoms with Crippen LogP contribution in [0.25, 0.3) is 0 Å². The largest absolute Gasteiger partial charge is 0.370 e. The van der Waals surface area contributed by atoms with Crippen LogP contribution in [0.1, 0.15) is 39.5 Å². The van der Waals surface area contributed by atoms with Crippen LogP contribution < -0.4 is 16.8 Å². The fourth-order valence-corrected chi connectivity index (χ4v) is 2.38. The molecule has 1 fully saturated rings. The van der Waals surface area contributed by atoms with Gasteiger partial charge in [-0.1, -0.05) is 26.7 Å². The van der Waals surface area contributed by atoms with Crippen molar-refractivity contribution >= 4 is 24.2 Å². The molecule has 2 amide bonds. The van der Waals surface area contributed by atoms with Crippen molar-refractivity contribution in [3.05, 3.63) is 0 Å². The molecule has 18 heavy (non-hydrogen) atoms. The molecule has 0 aromatic heterocycles. The monoisotopic (exact) mass is 277 g/mol. The number of halogens is 1. The Balaban J connectivity index is 0.00000289. The fourth-order valence-electron chi connectivity index (χ4n) is 2.38. The Bertz CT molecular complexity index is 299. The van der Waals surface area contributed by atoms with Crippen LogP contribution in [0, 0.1) is 11.8 Å². The molecule has 1 saturated carbocycles. The van der Waals surface area contributed by atoms with Gasteiger partial charge in [-0.2, -0.15) is 0 Å². The van der Waals surface area contributed by atoms with Gasteiger partial charge in [-0.25, -0.2) is 0 Å². The van der Waals surface area contributed by atoms with Gasteiger partial charge in [0.05, 0.1) is 12.5 Å². The average Bonchev–Trinajstić information content (AvgIpc) is 2.23. The van der Waals surface area contributed by atoms with E-state index in [0.717, 1.165) is 12.8 Å². The third-order valence-electron chi connectivity index (χ3n) is 3.79. The van der Waals surface area contributed by atoms with Crippen LogP contribution in [0.5, 0.6) is 0 Å². The van der Waals surface area contributed by atoms with Gasteiger partial charge in [0, 0.05) is 6.04 Å². The summed E-state index contributed by atoms with van der Waals surface area (Å²) in [7, 11) is 0. The molecule has 1 aliphatic carbocycles. The van der Waals surface area contributed by atoms with Gasteiger partial charge in [0.1, 0.15) is 0 Å². The summed E-state index contributed by atoms with van der Waals surface area (Å²) in [5.41, 5.74) is 10.6. The Morgan fingerprint density at radius 3 is 2.50 bits per heavy atom. The summed E-state index contributed by atoms with van der Waals surface area (Å²) < 4.78 is 0. The maximum absolute atomic E-state index is 11.8. The van der Waals surface area contributed by atoms with Crippen LogP contribution in [0.4, 0.5) is 0 Å². The summed E-state index contributed by atoms with van der Waals surface area (Å²) in [4.78, 5) is 22.4. The summed E-state index contributed by atoms with van der Waals surface area (Å²) >= 11 is 0. The lowest BCUT2D eigenvalue weighted by molar-refractivity contribution is -0.127. The molecule has 5 nitrogen and oxygen atoms in total. The zero-order valence-electron chi connectivity index (χ0n) is 11.0. The summed E-state index contributed by atoms with van der Waals surface area (Å²) in [6.45, 7) is 4.35. The van der Waals surface area contributed by atoms with Crippen molar-refractivity contribution in [2.75, 3.05) is 0 Å². The van der Waals surface area contributed by atoms with Crippen LogP contribution in [-0.2, 0) is 9.59 Å². The van der Waals surface area contributed by atoms with Gasteiger partial charge in [0.15, 0.2) is 0 Å². The number of amides is 2. The van der Waals surface area contributed by atoms with E-state index in [0.29, 0.717) is 11.8 Å². The van der Waals surface area contributed by atoms with Crippen LogP contribution in [0.2, 0.25) is 0 Å². The molecule has 0 saturated heterocycles. The number of primary amides is 1. The van der Waals surface area contributed by atoms with Crippen molar-refractivity contribution in [3.8, 4) is 0 Å². The second-order valence-corrected chi connectivity index (χ2v) is 5.16. The van der Waals surface area contributed by atoms with E-state index in [1.54, 1.807) is 0 Å². The molecule has 0 aliphatic heterocycles. The number of nitrogens with two attached hydrogens (primary N) is 2. The maximum Gasteiger partial charge on any atom is 0.237 e. The molecule has 1 rings (SSSR count). The Morgan fingerprint density at radius 1 is 1.33 bits per heavy atom. The molecule has 4 atom stereocenters. The summed E-state index contributed by atoms with van der Waals surface area (Å²) in [5.74, 6) is 0.252. The van der Waals surface area contributed by atoms with Crippen molar-refractivity contribution in [2.45, 2.75) is 51.6 Å². The van der Waals surface area contributed by atoms with Gasteiger partial charge in [-0.3, -0.25) is 9.59 Å². The van der Waals surface area contributed by atoms with Crippen LogP contribution in [0.15, 0.2) is 0 Å². The van der Waals surface area contributed by atoms with Gasteiger partial charge >= 0.3 is 0 Å². The number of hydrogen-bond donors (Lipinski definition) is 3. The molecule has 0 aromatic carbocycles. The molecule has 4 unspecified atom stereocenters. The summed E-state index contributed by atoms with van der Waals surface area (Å²) in [5, 5.41) is 2.93. The second kappa shape index (κ2) is 7.59. The third kappa shape index (κ3) is 4.82. The number of nitrogens with one attached hydrogen (secondary N) is 1. The molecule has 1 aliphatic rings. The van der Waals surface area contributed by atoms with Crippen molar-refractivity contribution in [1.82, 2.24) is 5.32 Å². The number of carbonyl (C=O) groups excluding carboxylic acids is 2. The van der Waals surface area contributed by atoms with E-state index >= 15 is 0 Å². The van der Waals surface area contributed by atoms with E-state index in [-0.39, 0.29) is 30.8 Å². The number of hydrogen-bond acceptors (Lipinski definition) is 3. The predicted molar refractivity (Wildman–Crippen MR) is 73.1 cm³/mol. The van der Waals surface area contributed by atoms with Crippen molar-refractivity contribution in [3.63, 3.8) is 0 Å². The quantitative estimate of drug-likeness (QED) is 0.700. The highest BCUT2D eigenvalue weighted by Gasteiger charge is 2.29. The van der Waals surface area contributed by atoms with E-state index in [9.17, 15) is 9.59 Å². The summed E-state index contributed by atoms with van der Waals surface area (Å²) in [6, 6.07) is -0.651. The Hall–Kier alpha value is -0.810. The van der Waals surface area contributed by atoms with E-state index in [2.05, 4.69) is 19.2 Å². The molecule has 0 radical (unpaired) electrons. The lowest BCUT2D eigenvalue weighted by Gasteiger charge is -2.35. The van der Waals surface area contributed by atoms with Crippen molar-refractivity contribution in [1.29, 1.82) is 0 Å². The van der Waals surface area contributed by atoms with Gasteiger partial charge in [-0.15, -0.1) is 12.4 Å². The zero-order valence-corrected chi connectivity index (χ0v) is 11.8. The van der Waals surface area contributed by atoms with Gasteiger partial charge < -0.3 is 16.8 Å². The minimum absolute atomic E-state index is 0. The van der Waals surface area contributed by atoms with Gasteiger partial charge in [0.25, 0.3) is 0 Å². The first kappa shape index (κ1) is 17.2. The maximum atomic E-state index is 11.8. The van der Waals surface area contributed by atoms with E-state index in [1.165, 1.54) is 6.42 Å². The third-order valence-corrected chi connectivity index (χ3v) is 3.79. The number of carbonyl (C=O) groups is 2. The molecular weight excluding hydrogens is 254 g/mol. The molecule has 5 N–H and O–H groups in total. The first-order valence-corrected chi connectivity index (χ1v) is 6.26. The lowest BCUT2D eigenvalue weighted by atomic mass is 9.78. The van der Waals surface area contributed by atoms with Crippen molar-refractivity contribution < 1.29 is 9.59 Å². The Morgan fingerprint density at radius 2 is 1.94 bits per heavy atom. The smallest absolute Gasteiger partial charge is 0.237 e. The molecule has 0 bridgehead atoms. The van der Waals surface area contributed by atoms with Crippen LogP contribution in [0.3, 0.4) is 0 Å². The normalized spacial score (nSPS) is 28.9. The molecule has 6 heteroatoms. The predicted octanol–water partition coefficient (Wildman–Crippen LogP) is 0.552. The Labute approximate surface area is 114 Å². The lowest BCUT2D eigenvalue weighted by Crippen LogP contribution is -2.50. The highest BCUT2D eigenvalue weighted by Crippen LogP contribution is 2.29. The SMILES string of the molecule is CC1CCCC(NC(=O)C(N)CC(N)=O)C1C.Cl. The molecule has 0 spiro atoms. The van der Waals surface area contributed by atoms with Crippen molar-refractivity contribution in [2.24, 2.45) is 23.3 Å². The zero-order chi connectivity index (χ0) is 13.0. The molecule has 106 valence electrons. The Kier molecular flexibility index (Phi) is 7.25. The summed E-state index contributed by atoms with van der Waals surface area (Å²) in [6.07, 6.45) is 3.23. The first-order chi connectivity index (χ1) is 7.91. The van der Waals surface area contributed by atoms with E-state index in [4.69, 9.17) is 11.5 Å². The standard InChI is InChI=1S/C12H23N3O2.ClH/c1-7-4-3-5-10(8(7)2)15-12(17)9(13)6-11(14)16;/h7-10H,3-6,13H2,1-2H3,(H2,14,16)(H,15,17);1H. The second-order valence-electron chi connectivity index (χ2n) is 5.16. The number of rotatable bonds is 4. The minimum Gasteiger partial charge on any atom is -0.370 e. The van der Waals surface area contributed by atoms with Crippen LogP contribution >= 0.6 is 12.4 Å². The molecular formula is C12H24ClN3O2. The first-order valence-electron chi connectivity index (χ1n) is 6.26. The van der Waals surface area contributed by atoms with Gasteiger partial charge in [0.2, 0.25) is 11.8 Å². The van der Waals surface area contributed by atoms with E-state index in [1.807, 2.05) is 0 Å². The topological polar surface area (TPSA) is 98.2 Å². The average molecular weight is 278 g/mol. The fraction of sp³-hybridized carbons (Fsp3) is 0.833. The minimum atomic E-state index is -0.822. The molecule has 0 aromatic rings. The molecule has 0 heterocycles. The highest BCUT2D eigenvalue weighted by atomic mass is 35.5. The highest BCUT2D eigenvalue weighted by molar-refractivity contribution is 5.87. The van der Waals surface area contributed by atoms with Gasteiger partial charge in [-0.05, 0) is 18.3 Å².